The second-order valence-electron chi connectivity index (χ2n) is 9.32. The van der Waals surface area contributed by atoms with Crippen molar-refractivity contribution >= 4 is 11.1 Å². The molecule has 0 atom stereocenters. The fourth-order valence-electron chi connectivity index (χ4n) is 5.32. The van der Waals surface area contributed by atoms with Crippen LogP contribution in [0.2, 0.25) is 0 Å². The Kier molecular flexibility index (Phi) is 7.54. The van der Waals surface area contributed by atoms with Gasteiger partial charge in [-0.1, -0.05) is 38.1 Å². The first-order chi connectivity index (χ1) is 15.6. The van der Waals surface area contributed by atoms with E-state index in [4.69, 9.17) is 0 Å². The quantitative estimate of drug-likeness (QED) is 0.499. The molecule has 2 heterocycles. The van der Waals surface area contributed by atoms with Crippen molar-refractivity contribution in [2.75, 3.05) is 26.2 Å². The molecule has 2 fully saturated rings. The van der Waals surface area contributed by atoms with Gasteiger partial charge in [-0.05, 0) is 99.1 Å². The molecule has 2 aliphatic rings. The largest absolute Gasteiger partial charge is 0.508 e. The van der Waals surface area contributed by atoms with Crippen molar-refractivity contribution in [2.45, 2.75) is 65.5 Å². The number of hydrogen-bond acceptors (Lipinski definition) is 4. The molecule has 0 aromatic heterocycles. The number of benzene rings is 2. The Balaban J connectivity index is 1.59. The Hall–Kier alpha value is -2.30. The number of phenols is 2. The number of allylic oxidation sites excluding steroid dienone is 2. The van der Waals surface area contributed by atoms with Crippen LogP contribution < -0.4 is 0 Å². The van der Waals surface area contributed by atoms with Gasteiger partial charge in [-0.3, -0.25) is 9.80 Å². The summed E-state index contributed by atoms with van der Waals surface area (Å²) in [6, 6.07) is 12.3. The van der Waals surface area contributed by atoms with Crippen LogP contribution in [0.1, 0.15) is 74.6 Å². The van der Waals surface area contributed by atoms with E-state index in [0.717, 1.165) is 74.4 Å². The van der Waals surface area contributed by atoms with Crippen LogP contribution in [-0.2, 0) is 13.1 Å². The van der Waals surface area contributed by atoms with Crippen LogP contribution in [-0.4, -0.2) is 46.2 Å². The van der Waals surface area contributed by atoms with Gasteiger partial charge >= 0.3 is 0 Å². The molecule has 4 heteroatoms. The second-order valence-corrected chi connectivity index (χ2v) is 9.32. The highest BCUT2D eigenvalue weighted by molar-refractivity contribution is 5.91. The second kappa shape index (κ2) is 10.5. The molecule has 2 aliphatic heterocycles. The summed E-state index contributed by atoms with van der Waals surface area (Å²) in [4.78, 5) is 4.82. The van der Waals surface area contributed by atoms with Gasteiger partial charge in [-0.15, -0.1) is 0 Å². The van der Waals surface area contributed by atoms with Crippen LogP contribution in [0.3, 0.4) is 0 Å². The van der Waals surface area contributed by atoms with Crippen LogP contribution >= 0.6 is 0 Å². The maximum atomic E-state index is 10.7. The lowest BCUT2D eigenvalue weighted by molar-refractivity contribution is 0.324. The minimum absolute atomic E-state index is 0.389. The van der Waals surface area contributed by atoms with Crippen molar-refractivity contribution in [1.29, 1.82) is 0 Å². The van der Waals surface area contributed by atoms with E-state index in [1.54, 1.807) is 0 Å². The van der Waals surface area contributed by atoms with E-state index in [0.29, 0.717) is 11.5 Å². The summed E-state index contributed by atoms with van der Waals surface area (Å²) in [7, 11) is 0. The molecule has 4 nitrogen and oxygen atoms in total. The van der Waals surface area contributed by atoms with E-state index in [1.165, 1.54) is 36.8 Å². The Morgan fingerprint density at radius 3 is 1.34 bits per heavy atom. The van der Waals surface area contributed by atoms with Crippen molar-refractivity contribution in [1.82, 2.24) is 9.80 Å². The van der Waals surface area contributed by atoms with E-state index in [9.17, 15) is 10.2 Å². The van der Waals surface area contributed by atoms with E-state index in [2.05, 4.69) is 47.9 Å². The zero-order valence-corrected chi connectivity index (χ0v) is 19.7. The fourth-order valence-corrected chi connectivity index (χ4v) is 5.32. The summed E-state index contributed by atoms with van der Waals surface area (Å²) in [6.07, 6.45) is 6.78. The molecule has 0 saturated carbocycles. The van der Waals surface area contributed by atoms with Crippen LogP contribution in [0.25, 0.3) is 11.1 Å². The number of likely N-dealkylation sites (tertiary alicyclic amines) is 2. The van der Waals surface area contributed by atoms with Gasteiger partial charge < -0.3 is 10.2 Å². The van der Waals surface area contributed by atoms with Crippen molar-refractivity contribution in [3.63, 3.8) is 0 Å². The maximum absolute atomic E-state index is 10.7. The molecule has 2 aromatic carbocycles. The third-order valence-electron chi connectivity index (χ3n) is 7.12. The third-order valence-corrected chi connectivity index (χ3v) is 7.12. The predicted molar refractivity (Wildman–Crippen MR) is 133 cm³/mol. The molecule has 2 N–H and O–H groups in total. The monoisotopic (exact) mass is 434 g/mol. The van der Waals surface area contributed by atoms with Crippen molar-refractivity contribution in [2.24, 2.45) is 0 Å². The van der Waals surface area contributed by atoms with E-state index in [1.807, 2.05) is 12.1 Å². The highest BCUT2D eigenvalue weighted by Crippen LogP contribution is 2.36. The Bertz CT molecular complexity index is 876. The van der Waals surface area contributed by atoms with Crippen molar-refractivity contribution < 1.29 is 10.2 Å². The summed E-state index contributed by atoms with van der Waals surface area (Å²) < 4.78 is 0. The number of rotatable bonds is 8. The Labute approximate surface area is 193 Å². The summed E-state index contributed by atoms with van der Waals surface area (Å²) in [5.74, 6) is 0.777. The first-order valence-electron chi connectivity index (χ1n) is 12.4. The lowest BCUT2D eigenvalue weighted by atomic mass is 9.90. The van der Waals surface area contributed by atoms with Crippen LogP contribution in [0.4, 0.5) is 0 Å². The average molecular weight is 435 g/mol. The molecule has 0 radical (unpaired) electrons. The number of nitrogens with zero attached hydrogens (tertiary/aromatic N) is 2. The Morgan fingerprint density at radius 2 is 1.03 bits per heavy atom. The van der Waals surface area contributed by atoms with Crippen LogP contribution in [0, 0.1) is 0 Å². The molecule has 0 spiro atoms. The average Bonchev–Trinajstić information content (AvgIpc) is 3.49. The molecule has 172 valence electrons. The molecule has 0 unspecified atom stereocenters. The fraction of sp³-hybridized carbons (Fsp3) is 0.500. The summed E-state index contributed by atoms with van der Waals surface area (Å²) in [6.45, 7) is 10.5. The summed E-state index contributed by atoms with van der Waals surface area (Å²) in [5, 5.41) is 21.5. The van der Waals surface area contributed by atoms with Gasteiger partial charge in [0.15, 0.2) is 0 Å². The van der Waals surface area contributed by atoms with Gasteiger partial charge in [-0.25, -0.2) is 0 Å². The minimum atomic E-state index is 0.389. The van der Waals surface area contributed by atoms with Crippen molar-refractivity contribution in [3.05, 3.63) is 58.7 Å². The number of aromatic hydroxyl groups is 2. The zero-order valence-electron chi connectivity index (χ0n) is 19.7. The SMILES string of the molecule is CCC(=C(CC)c1ccc(CN2CCCC2)c(O)c1)c1ccc(CN2CCCC2)c(O)c1. The molecule has 4 rings (SSSR count). The van der Waals surface area contributed by atoms with Gasteiger partial charge in [0.2, 0.25) is 0 Å². The van der Waals surface area contributed by atoms with Gasteiger partial charge in [0.25, 0.3) is 0 Å². The molecule has 32 heavy (non-hydrogen) atoms. The highest BCUT2D eigenvalue weighted by Gasteiger charge is 2.17. The standard InChI is InChI=1S/C28H38N2O2/c1-3-25(21-9-11-23(27(31)17-21)19-29-13-5-6-14-29)26(4-2)22-10-12-24(28(32)18-22)20-30-15-7-8-16-30/h9-12,17-18,31-32H,3-8,13-16,19-20H2,1-2H3. The lowest BCUT2D eigenvalue weighted by Crippen LogP contribution is -2.18. The van der Waals surface area contributed by atoms with Gasteiger partial charge in [-0.2, -0.15) is 0 Å². The topological polar surface area (TPSA) is 46.9 Å². The smallest absolute Gasteiger partial charge is 0.120 e. The van der Waals surface area contributed by atoms with E-state index < -0.39 is 0 Å². The molecule has 2 saturated heterocycles. The van der Waals surface area contributed by atoms with Crippen molar-refractivity contribution in [3.8, 4) is 11.5 Å². The molecule has 2 aromatic rings. The van der Waals surface area contributed by atoms with E-state index in [-0.39, 0.29) is 0 Å². The van der Waals surface area contributed by atoms with Gasteiger partial charge in [0.05, 0.1) is 0 Å². The van der Waals surface area contributed by atoms with Crippen LogP contribution in [0.15, 0.2) is 36.4 Å². The van der Waals surface area contributed by atoms with Gasteiger partial charge in [0, 0.05) is 24.2 Å². The lowest BCUT2D eigenvalue weighted by Gasteiger charge is -2.19. The first kappa shape index (κ1) is 22.9. The van der Waals surface area contributed by atoms with Gasteiger partial charge in [0.1, 0.15) is 11.5 Å². The highest BCUT2D eigenvalue weighted by atomic mass is 16.3. The van der Waals surface area contributed by atoms with E-state index >= 15 is 0 Å². The predicted octanol–water partition coefficient (Wildman–Crippen LogP) is 6.02. The molecule has 0 aliphatic carbocycles. The molecule has 0 amide bonds. The molecular weight excluding hydrogens is 396 g/mol. The maximum Gasteiger partial charge on any atom is 0.120 e. The number of phenolic OH excluding ortho intramolecular Hbond substituents is 2. The molecule has 0 bridgehead atoms. The minimum Gasteiger partial charge on any atom is -0.508 e. The Morgan fingerprint density at radius 1 is 0.656 bits per heavy atom. The summed E-state index contributed by atoms with van der Waals surface area (Å²) in [5.41, 5.74) is 6.64. The zero-order chi connectivity index (χ0) is 22.5. The molecular formula is C28H38N2O2. The third kappa shape index (κ3) is 5.19. The summed E-state index contributed by atoms with van der Waals surface area (Å²) >= 11 is 0. The number of hydrogen-bond donors (Lipinski definition) is 2. The van der Waals surface area contributed by atoms with Crippen LogP contribution in [0.5, 0.6) is 11.5 Å². The normalized spacial score (nSPS) is 18.3. The first-order valence-corrected chi connectivity index (χ1v) is 12.4.